The fourth-order valence-electron chi connectivity index (χ4n) is 2.40. The predicted octanol–water partition coefficient (Wildman–Crippen LogP) is 2.38. The number of carbonyl (C=O) groups is 1. The van der Waals surface area contributed by atoms with E-state index in [-0.39, 0.29) is 6.54 Å². The number of hydrogen-bond acceptors (Lipinski definition) is 4. The van der Waals surface area contributed by atoms with Crippen LogP contribution in [0.3, 0.4) is 0 Å². The third-order valence-electron chi connectivity index (χ3n) is 3.41. The van der Waals surface area contributed by atoms with Crippen molar-refractivity contribution in [2.24, 2.45) is 0 Å². The van der Waals surface area contributed by atoms with Gasteiger partial charge >= 0.3 is 5.97 Å². The second kappa shape index (κ2) is 5.40. The largest absolute Gasteiger partial charge is 0.497 e. The Labute approximate surface area is 126 Å². The third-order valence-corrected chi connectivity index (χ3v) is 3.41. The van der Waals surface area contributed by atoms with Gasteiger partial charge < -0.3 is 20.1 Å². The lowest BCUT2D eigenvalue weighted by molar-refractivity contribution is -0.137. The van der Waals surface area contributed by atoms with Crippen molar-refractivity contribution in [1.29, 1.82) is 0 Å². The highest BCUT2D eigenvalue weighted by atomic mass is 16.5. The van der Waals surface area contributed by atoms with Crippen molar-refractivity contribution in [2.75, 3.05) is 12.8 Å². The van der Waals surface area contributed by atoms with Crippen molar-refractivity contribution in [2.45, 2.75) is 6.54 Å². The number of benzene rings is 2. The molecule has 3 N–H and O–H groups in total. The molecule has 22 heavy (non-hydrogen) atoms. The average Bonchev–Trinajstić information content (AvgIpc) is 2.84. The minimum atomic E-state index is -0.925. The van der Waals surface area contributed by atoms with Crippen LogP contribution in [0.5, 0.6) is 5.75 Å². The zero-order chi connectivity index (χ0) is 15.7. The maximum Gasteiger partial charge on any atom is 0.323 e. The number of rotatable bonds is 4. The standard InChI is InChI=1S/C16H15N3O3/c1-22-12-5-2-10(3-6-12)16-18-13-8-11(17)4-7-14(13)19(16)9-15(20)21/h2-8H,9,17H2,1H3,(H,20,21). The molecular weight excluding hydrogens is 282 g/mol. The van der Waals surface area contributed by atoms with Gasteiger partial charge in [0.05, 0.1) is 18.1 Å². The van der Waals surface area contributed by atoms with Crippen LogP contribution in [-0.2, 0) is 11.3 Å². The first-order valence-electron chi connectivity index (χ1n) is 6.70. The van der Waals surface area contributed by atoms with Crippen molar-refractivity contribution in [3.63, 3.8) is 0 Å². The smallest absolute Gasteiger partial charge is 0.323 e. The molecule has 3 aromatic rings. The summed E-state index contributed by atoms with van der Waals surface area (Å²) in [4.78, 5) is 15.7. The Balaban J connectivity index is 2.19. The lowest BCUT2D eigenvalue weighted by atomic mass is 10.2. The van der Waals surface area contributed by atoms with Crippen LogP contribution in [0.15, 0.2) is 42.5 Å². The van der Waals surface area contributed by atoms with Crippen molar-refractivity contribution in [3.8, 4) is 17.1 Å². The molecule has 0 radical (unpaired) electrons. The Morgan fingerprint density at radius 3 is 2.64 bits per heavy atom. The van der Waals surface area contributed by atoms with E-state index < -0.39 is 5.97 Å². The zero-order valence-electron chi connectivity index (χ0n) is 12.0. The van der Waals surface area contributed by atoms with Gasteiger partial charge in [0.25, 0.3) is 0 Å². The predicted molar refractivity (Wildman–Crippen MR) is 83.8 cm³/mol. The highest BCUT2D eigenvalue weighted by Gasteiger charge is 2.15. The van der Waals surface area contributed by atoms with Crippen molar-refractivity contribution in [3.05, 3.63) is 42.5 Å². The summed E-state index contributed by atoms with van der Waals surface area (Å²) >= 11 is 0. The number of carboxylic acids is 1. The highest BCUT2D eigenvalue weighted by Crippen LogP contribution is 2.27. The molecule has 0 unspecified atom stereocenters. The SMILES string of the molecule is COc1ccc(-c2nc3cc(N)ccc3n2CC(=O)O)cc1. The number of imidazole rings is 1. The Morgan fingerprint density at radius 1 is 1.27 bits per heavy atom. The zero-order valence-corrected chi connectivity index (χ0v) is 12.0. The second-order valence-electron chi connectivity index (χ2n) is 4.89. The number of ether oxygens (including phenoxy) is 1. The highest BCUT2D eigenvalue weighted by molar-refractivity contribution is 5.85. The van der Waals surface area contributed by atoms with Gasteiger partial charge in [-0.1, -0.05) is 0 Å². The molecule has 2 aromatic carbocycles. The summed E-state index contributed by atoms with van der Waals surface area (Å²) in [6, 6.07) is 12.6. The van der Waals surface area contributed by atoms with Crippen LogP contribution in [0.4, 0.5) is 5.69 Å². The Bertz CT molecular complexity index is 838. The molecule has 0 atom stereocenters. The normalized spacial score (nSPS) is 10.8. The second-order valence-corrected chi connectivity index (χ2v) is 4.89. The molecule has 0 amide bonds. The van der Waals surface area contributed by atoms with Gasteiger partial charge in [-0.2, -0.15) is 0 Å². The molecule has 112 valence electrons. The van der Waals surface area contributed by atoms with Gasteiger partial charge in [0.2, 0.25) is 0 Å². The van der Waals surface area contributed by atoms with Gasteiger partial charge in [0.1, 0.15) is 18.1 Å². The van der Waals surface area contributed by atoms with E-state index in [9.17, 15) is 4.79 Å². The van der Waals surface area contributed by atoms with Gasteiger partial charge in [0.15, 0.2) is 0 Å². The topological polar surface area (TPSA) is 90.4 Å². The number of methoxy groups -OCH3 is 1. The molecule has 0 aliphatic rings. The Morgan fingerprint density at radius 2 is 2.00 bits per heavy atom. The molecule has 0 saturated heterocycles. The monoisotopic (exact) mass is 297 g/mol. The number of nitrogens with two attached hydrogens (primary N) is 1. The lowest BCUT2D eigenvalue weighted by Gasteiger charge is -2.07. The maximum absolute atomic E-state index is 11.2. The molecule has 1 heterocycles. The van der Waals surface area contributed by atoms with Crippen LogP contribution in [0.1, 0.15) is 0 Å². The number of anilines is 1. The van der Waals surface area contributed by atoms with E-state index in [0.717, 1.165) is 16.8 Å². The third kappa shape index (κ3) is 2.46. The summed E-state index contributed by atoms with van der Waals surface area (Å²) < 4.78 is 6.80. The summed E-state index contributed by atoms with van der Waals surface area (Å²) in [7, 11) is 1.59. The first kappa shape index (κ1) is 13.9. The fourth-order valence-corrected chi connectivity index (χ4v) is 2.40. The van der Waals surface area contributed by atoms with Crippen LogP contribution in [0, 0.1) is 0 Å². The van der Waals surface area contributed by atoms with Crippen LogP contribution in [0.25, 0.3) is 22.4 Å². The van der Waals surface area contributed by atoms with Gasteiger partial charge in [-0.3, -0.25) is 4.79 Å². The van der Waals surface area contributed by atoms with E-state index in [2.05, 4.69) is 4.98 Å². The Hall–Kier alpha value is -3.02. The van der Waals surface area contributed by atoms with Crippen molar-refractivity contribution in [1.82, 2.24) is 9.55 Å². The van der Waals surface area contributed by atoms with Gasteiger partial charge in [-0.05, 0) is 42.5 Å². The Kier molecular flexibility index (Phi) is 3.42. The summed E-state index contributed by atoms with van der Waals surface area (Å²) in [6.07, 6.45) is 0. The van der Waals surface area contributed by atoms with Gasteiger partial charge in [0, 0.05) is 11.3 Å². The van der Waals surface area contributed by atoms with Crippen LogP contribution < -0.4 is 10.5 Å². The number of hydrogen-bond donors (Lipinski definition) is 2. The van der Waals surface area contributed by atoms with E-state index in [0.29, 0.717) is 17.0 Å². The van der Waals surface area contributed by atoms with Gasteiger partial charge in [-0.25, -0.2) is 4.98 Å². The van der Waals surface area contributed by atoms with E-state index in [1.54, 1.807) is 29.9 Å². The first-order chi connectivity index (χ1) is 10.6. The molecule has 0 saturated carbocycles. The quantitative estimate of drug-likeness (QED) is 0.721. The fraction of sp³-hybridized carbons (Fsp3) is 0.125. The van der Waals surface area contributed by atoms with E-state index in [1.165, 1.54) is 0 Å². The summed E-state index contributed by atoms with van der Waals surface area (Å²) in [5, 5.41) is 9.16. The number of aliphatic carboxylic acids is 1. The van der Waals surface area contributed by atoms with Crippen LogP contribution in [-0.4, -0.2) is 27.7 Å². The van der Waals surface area contributed by atoms with E-state index in [1.807, 2.05) is 24.3 Å². The summed E-state index contributed by atoms with van der Waals surface area (Å²) in [5.41, 5.74) is 8.60. The molecule has 0 spiro atoms. The number of aromatic nitrogens is 2. The van der Waals surface area contributed by atoms with E-state index in [4.69, 9.17) is 15.6 Å². The number of fused-ring (bicyclic) bond motifs is 1. The molecule has 0 aliphatic heterocycles. The minimum absolute atomic E-state index is 0.165. The van der Waals surface area contributed by atoms with Crippen LogP contribution in [0.2, 0.25) is 0 Å². The molecule has 3 rings (SSSR count). The molecular formula is C16H15N3O3. The molecule has 1 aromatic heterocycles. The molecule has 6 nitrogen and oxygen atoms in total. The van der Waals surface area contributed by atoms with E-state index >= 15 is 0 Å². The summed E-state index contributed by atoms with van der Waals surface area (Å²) in [6.45, 7) is -0.165. The maximum atomic E-state index is 11.2. The van der Waals surface area contributed by atoms with Crippen molar-refractivity contribution >= 4 is 22.7 Å². The lowest BCUT2D eigenvalue weighted by Crippen LogP contribution is -2.10. The number of carboxylic acid groups (broad SMARTS) is 1. The number of nitrogens with zero attached hydrogens (tertiary/aromatic N) is 2. The minimum Gasteiger partial charge on any atom is -0.497 e. The number of nitrogen functional groups attached to an aromatic ring is 1. The van der Waals surface area contributed by atoms with Crippen LogP contribution >= 0.6 is 0 Å². The van der Waals surface area contributed by atoms with Gasteiger partial charge in [-0.15, -0.1) is 0 Å². The van der Waals surface area contributed by atoms with Crippen molar-refractivity contribution < 1.29 is 14.6 Å². The average molecular weight is 297 g/mol. The molecule has 0 bridgehead atoms. The first-order valence-corrected chi connectivity index (χ1v) is 6.70. The summed E-state index contributed by atoms with van der Waals surface area (Å²) in [5.74, 6) is 0.394. The molecule has 0 aliphatic carbocycles. The molecule has 0 fully saturated rings. The molecule has 6 heteroatoms.